The predicted octanol–water partition coefficient (Wildman–Crippen LogP) is 19.7. The first-order valence-corrected chi connectivity index (χ1v) is 26.4. The van der Waals surface area contributed by atoms with Crippen LogP contribution in [0.1, 0.15) is 25.0 Å². The largest absolute Gasteiger partial charge is 0.450 e. The molecule has 0 saturated carbocycles. The molecule has 0 amide bonds. The third-order valence-electron chi connectivity index (χ3n) is 14.2. The minimum Gasteiger partial charge on any atom is -0.450 e. The van der Waals surface area contributed by atoms with Crippen LogP contribution in [0.15, 0.2) is 226 Å². The second-order valence-corrected chi connectivity index (χ2v) is 22.0. The normalized spacial score (nSPS) is 13.9. The van der Waals surface area contributed by atoms with E-state index in [2.05, 4.69) is 169 Å². The zero-order chi connectivity index (χ0) is 47.7. The summed E-state index contributed by atoms with van der Waals surface area (Å²) >= 11 is 5.49. The van der Waals surface area contributed by atoms with Crippen LogP contribution in [0.2, 0.25) is 0 Å². The Morgan fingerprint density at radius 3 is 1.53 bits per heavy atom. The first-order chi connectivity index (χ1) is 35.4. The smallest absolute Gasteiger partial charge is 0.172 e. The topological polar surface area (TPSA) is 43.4 Å². The van der Waals surface area contributed by atoms with Gasteiger partial charge in [0.25, 0.3) is 0 Å². The van der Waals surface area contributed by atoms with Crippen LogP contribution in [0.4, 0.5) is 34.1 Å². The lowest BCUT2D eigenvalue weighted by molar-refractivity contribution is 0.359. The van der Waals surface area contributed by atoms with Crippen molar-refractivity contribution in [2.45, 2.75) is 38.8 Å². The Hall–Kier alpha value is -8.08. The number of hydrogen-bond donors (Lipinski definition) is 0. The molecule has 1 aromatic heterocycles. The fourth-order valence-corrected chi connectivity index (χ4v) is 14.3. The molecule has 10 aromatic carbocycles. The molecule has 3 aliphatic heterocycles. The maximum atomic E-state index is 6.58. The van der Waals surface area contributed by atoms with E-state index in [9.17, 15) is 0 Å². The molecule has 11 aromatic rings. The predicted molar refractivity (Wildman–Crippen MR) is 294 cm³/mol. The molecule has 0 saturated heterocycles. The van der Waals surface area contributed by atoms with Crippen LogP contribution in [0.5, 0.6) is 46.0 Å². The Morgan fingerprint density at radius 1 is 0.361 bits per heavy atom. The highest BCUT2D eigenvalue weighted by Gasteiger charge is 2.36. The number of para-hydroxylation sites is 4. The van der Waals surface area contributed by atoms with Crippen LogP contribution in [-0.4, -0.2) is 0 Å². The number of ether oxygens (including phenoxy) is 4. The highest BCUT2D eigenvalue weighted by Crippen LogP contribution is 2.57. The lowest BCUT2D eigenvalue weighted by atomic mass is 9.82. The van der Waals surface area contributed by atoms with E-state index in [0.717, 1.165) is 44.2 Å². The summed E-state index contributed by atoms with van der Waals surface area (Å²) in [5.74, 6) is 5.28. The minimum absolute atomic E-state index is 0.126. The fourth-order valence-electron chi connectivity index (χ4n) is 10.8. The first-order valence-electron chi connectivity index (χ1n) is 23.9. The van der Waals surface area contributed by atoms with Crippen molar-refractivity contribution >= 4 is 89.2 Å². The molecule has 0 N–H and O–H groups in total. The summed E-state index contributed by atoms with van der Waals surface area (Å²) in [6.07, 6.45) is 0. The zero-order valence-corrected chi connectivity index (χ0v) is 41.3. The lowest BCUT2D eigenvalue weighted by Gasteiger charge is -2.32. The van der Waals surface area contributed by atoms with Gasteiger partial charge in [0.05, 0.1) is 27.4 Å². The molecule has 15 rings (SSSR count). The molecule has 0 fully saturated rings. The molecule has 1 aliphatic carbocycles. The molecule has 344 valence electrons. The van der Waals surface area contributed by atoms with Crippen molar-refractivity contribution in [2.24, 2.45) is 0 Å². The molecule has 6 nitrogen and oxygen atoms in total. The van der Waals surface area contributed by atoms with Gasteiger partial charge < -0.3 is 28.7 Å². The quantitative estimate of drug-likeness (QED) is 0.163. The third-order valence-corrected chi connectivity index (χ3v) is 18.0. The summed E-state index contributed by atoms with van der Waals surface area (Å²) in [6.45, 7) is 4.69. The first kappa shape index (κ1) is 41.7. The van der Waals surface area contributed by atoms with Crippen LogP contribution in [0, 0.1) is 0 Å². The summed E-state index contributed by atoms with van der Waals surface area (Å²) < 4.78 is 28.3. The van der Waals surface area contributed by atoms with Crippen molar-refractivity contribution < 1.29 is 18.9 Å². The number of hydrogen-bond acceptors (Lipinski definition) is 9. The number of anilines is 6. The Balaban J connectivity index is 0.954. The van der Waals surface area contributed by atoms with Crippen LogP contribution in [-0.2, 0) is 5.41 Å². The zero-order valence-electron chi connectivity index (χ0n) is 38.9. The number of nitrogens with zero attached hydrogens (tertiary/aromatic N) is 2. The third kappa shape index (κ3) is 6.51. The van der Waals surface area contributed by atoms with E-state index in [1.54, 1.807) is 11.3 Å². The molecule has 0 spiro atoms. The summed E-state index contributed by atoms with van der Waals surface area (Å²) in [4.78, 5) is 9.85. The monoisotopic (exact) mass is 984 g/mol. The van der Waals surface area contributed by atoms with E-state index in [4.69, 9.17) is 18.9 Å². The number of fused-ring (bicyclic) bond motifs is 12. The molecular weight excluding hydrogens is 945 g/mol. The SMILES string of the molecule is CC1(C)c2ccccc2-c2cc(N(c3ccc4c(c3)Sc3ccccc3S4)c3ccc(N(c4ccc5c(c4)Oc4ccccc4O5)c4ccc5c(c4)Oc4ccccc4O5)c4sc5ccccc5c34)ccc21. The molecule has 0 radical (unpaired) electrons. The van der Waals surface area contributed by atoms with Crippen LogP contribution in [0.25, 0.3) is 31.3 Å². The van der Waals surface area contributed by atoms with E-state index >= 15 is 0 Å². The molecule has 0 unspecified atom stereocenters. The van der Waals surface area contributed by atoms with Gasteiger partial charge in [-0.2, -0.15) is 0 Å². The summed E-state index contributed by atoms with van der Waals surface area (Å²) in [7, 11) is 0. The van der Waals surface area contributed by atoms with Gasteiger partial charge in [0.1, 0.15) is 0 Å². The van der Waals surface area contributed by atoms with Gasteiger partial charge in [-0.3, -0.25) is 0 Å². The summed E-state index contributed by atoms with van der Waals surface area (Å²) in [5.41, 5.74) is 11.2. The van der Waals surface area contributed by atoms with Crippen molar-refractivity contribution in [1.29, 1.82) is 0 Å². The van der Waals surface area contributed by atoms with E-state index in [0.29, 0.717) is 46.0 Å². The fraction of sp³-hybridized carbons (Fsp3) is 0.0476. The lowest BCUT2D eigenvalue weighted by Crippen LogP contribution is -2.16. The average Bonchev–Trinajstić information content (AvgIpc) is 3.92. The average molecular weight is 985 g/mol. The van der Waals surface area contributed by atoms with Gasteiger partial charge in [-0.15, -0.1) is 11.3 Å². The minimum atomic E-state index is -0.126. The highest BCUT2D eigenvalue weighted by molar-refractivity contribution is 8.05. The van der Waals surface area contributed by atoms with Crippen LogP contribution in [0.3, 0.4) is 0 Å². The van der Waals surface area contributed by atoms with Crippen molar-refractivity contribution in [1.82, 2.24) is 0 Å². The van der Waals surface area contributed by atoms with E-state index in [1.807, 2.05) is 84.2 Å². The molecule has 0 atom stereocenters. The van der Waals surface area contributed by atoms with Crippen LogP contribution >= 0.6 is 34.9 Å². The van der Waals surface area contributed by atoms with Crippen molar-refractivity contribution in [3.63, 3.8) is 0 Å². The van der Waals surface area contributed by atoms with E-state index < -0.39 is 0 Å². The van der Waals surface area contributed by atoms with E-state index in [-0.39, 0.29) is 5.41 Å². The van der Waals surface area contributed by atoms with Gasteiger partial charge in [0, 0.05) is 64.0 Å². The number of benzene rings is 10. The summed E-state index contributed by atoms with van der Waals surface area (Å²) in [6, 6.07) is 73.0. The summed E-state index contributed by atoms with van der Waals surface area (Å²) in [5, 5.41) is 2.34. The van der Waals surface area contributed by atoms with Gasteiger partial charge in [0.15, 0.2) is 46.0 Å². The van der Waals surface area contributed by atoms with Gasteiger partial charge >= 0.3 is 0 Å². The Kier molecular flexibility index (Phi) is 9.24. The Labute approximate surface area is 428 Å². The molecular formula is C63H40N2O4S3. The number of thiophene rings is 1. The molecule has 4 aliphatic rings. The highest BCUT2D eigenvalue weighted by atomic mass is 32.2. The Morgan fingerprint density at radius 2 is 0.833 bits per heavy atom. The second-order valence-electron chi connectivity index (χ2n) is 18.8. The maximum absolute atomic E-state index is 6.58. The Bertz CT molecular complexity index is 3990. The standard InChI is InChI=1S/C63H40N2O4S3/c1-63(2)44-15-5-3-13-41(44)43-33-37(23-27-45(43)63)64(40-26-32-59-60(36-40)71-58-22-12-11-21-57(58)70-59)46-28-29-47(62-61(46)42-14-4-10-20-56(42)72-62)65(38-24-30-52-54(34-38)68-50-18-8-6-16-48(50)66-52)39-25-31-53-55(35-39)69-51-19-9-7-17-49(51)67-53/h3-36H,1-2H3. The van der Waals surface area contributed by atoms with Gasteiger partial charge in [0.2, 0.25) is 0 Å². The number of rotatable bonds is 6. The van der Waals surface area contributed by atoms with Crippen molar-refractivity contribution in [3.05, 3.63) is 217 Å². The van der Waals surface area contributed by atoms with Crippen molar-refractivity contribution in [3.8, 4) is 57.1 Å². The second kappa shape index (κ2) is 16.0. The molecule has 9 heteroatoms. The van der Waals surface area contributed by atoms with E-state index in [1.165, 1.54) is 51.9 Å². The van der Waals surface area contributed by atoms with Crippen LogP contribution < -0.4 is 28.7 Å². The molecule has 0 bridgehead atoms. The maximum Gasteiger partial charge on any atom is 0.172 e. The van der Waals surface area contributed by atoms with Gasteiger partial charge in [-0.25, -0.2) is 0 Å². The van der Waals surface area contributed by atoms with Crippen molar-refractivity contribution in [2.75, 3.05) is 9.80 Å². The molecule has 4 heterocycles. The van der Waals surface area contributed by atoms with Gasteiger partial charge in [-0.1, -0.05) is 122 Å². The van der Waals surface area contributed by atoms with Gasteiger partial charge in [-0.05, 0) is 131 Å². The molecule has 72 heavy (non-hydrogen) atoms.